The van der Waals surface area contributed by atoms with E-state index >= 15 is 0 Å². The number of benzene rings is 1. The largest absolute Gasteiger partial charge is 0.390 e. The van der Waals surface area contributed by atoms with Gasteiger partial charge in [-0.1, -0.05) is 29.8 Å². The van der Waals surface area contributed by atoms with Crippen molar-refractivity contribution < 1.29 is 5.11 Å². The molecule has 3 nitrogen and oxygen atoms in total. The maximum Gasteiger partial charge on any atom is 0.0644 e. The first-order chi connectivity index (χ1) is 9.50. The lowest BCUT2D eigenvalue weighted by atomic mass is 9.93. The van der Waals surface area contributed by atoms with Gasteiger partial charge in [-0.2, -0.15) is 0 Å². The second kappa shape index (κ2) is 6.70. The first-order valence-corrected chi connectivity index (χ1v) is 7.69. The van der Waals surface area contributed by atoms with Crippen LogP contribution in [0.3, 0.4) is 0 Å². The molecule has 0 saturated carbocycles. The number of aliphatic hydroxyl groups is 1. The van der Waals surface area contributed by atoms with E-state index in [9.17, 15) is 5.11 Å². The highest BCUT2D eigenvalue weighted by molar-refractivity contribution is 5.24. The van der Waals surface area contributed by atoms with Crippen molar-refractivity contribution in [3.63, 3.8) is 0 Å². The molecule has 1 fully saturated rings. The van der Waals surface area contributed by atoms with Crippen molar-refractivity contribution in [3.8, 4) is 0 Å². The quantitative estimate of drug-likeness (QED) is 0.867. The Hall–Kier alpha value is -0.900. The summed E-state index contributed by atoms with van der Waals surface area (Å²) in [6, 6.07) is 9.21. The smallest absolute Gasteiger partial charge is 0.0644 e. The minimum Gasteiger partial charge on any atom is -0.390 e. The van der Waals surface area contributed by atoms with Crippen LogP contribution in [0.4, 0.5) is 0 Å². The van der Waals surface area contributed by atoms with E-state index in [4.69, 9.17) is 0 Å². The third-order valence-corrected chi connectivity index (χ3v) is 4.50. The lowest BCUT2D eigenvalue weighted by Gasteiger charge is -2.36. The fraction of sp³-hybridized carbons (Fsp3) is 0.647. The fourth-order valence-electron chi connectivity index (χ4n) is 2.85. The Labute approximate surface area is 123 Å². The molecule has 1 aromatic carbocycles. The van der Waals surface area contributed by atoms with Crippen molar-refractivity contribution >= 4 is 0 Å². The average Bonchev–Trinajstić information content (AvgIpc) is 2.43. The van der Waals surface area contributed by atoms with Crippen LogP contribution in [0.15, 0.2) is 24.3 Å². The summed E-state index contributed by atoms with van der Waals surface area (Å²) < 4.78 is 0. The normalized spacial score (nSPS) is 20.8. The van der Waals surface area contributed by atoms with Crippen LogP contribution in [0.5, 0.6) is 0 Å². The highest BCUT2D eigenvalue weighted by Gasteiger charge is 2.27. The Kier molecular flexibility index (Phi) is 5.19. The summed E-state index contributed by atoms with van der Waals surface area (Å²) in [5.74, 6) is 0. The lowest BCUT2D eigenvalue weighted by Crippen LogP contribution is -2.43. The predicted molar refractivity (Wildman–Crippen MR) is 83.9 cm³/mol. The number of nitrogens with zero attached hydrogens (tertiary/aromatic N) is 1. The molecule has 1 atom stereocenters. The molecule has 1 saturated heterocycles. The number of aryl methyl sites for hydroxylation is 1. The Morgan fingerprint density at radius 2 is 1.85 bits per heavy atom. The van der Waals surface area contributed by atoms with Crippen molar-refractivity contribution in [2.45, 2.75) is 44.8 Å². The predicted octanol–water partition coefficient (Wildman–Crippen LogP) is 2.49. The van der Waals surface area contributed by atoms with Crippen molar-refractivity contribution in [3.05, 3.63) is 35.4 Å². The molecular formula is C17H28N2O. The van der Waals surface area contributed by atoms with Crippen LogP contribution in [-0.2, 0) is 0 Å². The Balaban J connectivity index is 1.84. The molecule has 1 unspecified atom stereocenters. The Bertz CT molecular complexity index is 404. The van der Waals surface area contributed by atoms with Gasteiger partial charge in [0.1, 0.15) is 0 Å². The lowest BCUT2D eigenvalue weighted by molar-refractivity contribution is -0.00593. The highest BCUT2D eigenvalue weighted by atomic mass is 16.3. The zero-order valence-electron chi connectivity index (χ0n) is 13.0. The van der Waals surface area contributed by atoms with E-state index in [-0.39, 0.29) is 0 Å². The number of nitrogens with one attached hydrogen (secondary N) is 1. The topological polar surface area (TPSA) is 35.5 Å². The second-order valence-corrected chi connectivity index (χ2v) is 6.38. The van der Waals surface area contributed by atoms with Gasteiger partial charge in [0.2, 0.25) is 0 Å². The summed E-state index contributed by atoms with van der Waals surface area (Å²) in [6.45, 7) is 7.19. The van der Waals surface area contributed by atoms with Gasteiger partial charge in [0.05, 0.1) is 5.60 Å². The molecule has 0 bridgehead atoms. The van der Waals surface area contributed by atoms with E-state index in [2.05, 4.69) is 41.4 Å². The van der Waals surface area contributed by atoms with Crippen molar-refractivity contribution in [1.82, 2.24) is 10.2 Å². The molecule has 3 heteroatoms. The highest BCUT2D eigenvalue weighted by Crippen LogP contribution is 2.23. The molecule has 1 aliphatic heterocycles. The number of likely N-dealkylation sites (tertiary alicyclic amines) is 1. The molecule has 2 rings (SSSR count). The van der Waals surface area contributed by atoms with E-state index < -0.39 is 5.60 Å². The molecule has 0 aliphatic carbocycles. The third kappa shape index (κ3) is 4.30. The molecule has 1 aliphatic rings. The van der Waals surface area contributed by atoms with Crippen LogP contribution in [0.25, 0.3) is 0 Å². The maximum atomic E-state index is 9.98. The molecule has 0 spiro atoms. The van der Waals surface area contributed by atoms with E-state index in [1.54, 1.807) is 0 Å². The fourth-order valence-corrected chi connectivity index (χ4v) is 2.85. The molecule has 2 N–H and O–H groups in total. The van der Waals surface area contributed by atoms with E-state index in [0.717, 1.165) is 38.9 Å². The molecule has 1 heterocycles. The summed E-state index contributed by atoms with van der Waals surface area (Å²) in [5, 5.41) is 13.4. The summed E-state index contributed by atoms with van der Waals surface area (Å²) in [5.41, 5.74) is 2.22. The summed E-state index contributed by atoms with van der Waals surface area (Å²) in [6.07, 6.45) is 2.89. The van der Waals surface area contributed by atoms with Gasteiger partial charge in [-0.05, 0) is 52.3 Å². The van der Waals surface area contributed by atoms with E-state index in [1.807, 2.05) is 14.0 Å². The number of piperidine rings is 1. The van der Waals surface area contributed by atoms with Crippen LogP contribution >= 0.6 is 0 Å². The van der Waals surface area contributed by atoms with Gasteiger partial charge in [0.15, 0.2) is 0 Å². The van der Waals surface area contributed by atoms with Gasteiger partial charge >= 0.3 is 0 Å². The molecule has 0 amide bonds. The monoisotopic (exact) mass is 276 g/mol. The summed E-state index contributed by atoms with van der Waals surface area (Å²) in [7, 11) is 2.03. The van der Waals surface area contributed by atoms with Gasteiger partial charge in [-0.25, -0.2) is 0 Å². The van der Waals surface area contributed by atoms with Crippen LogP contribution in [-0.4, -0.2) is 42.3 Å². The molecule has 1 aromatic rings. The molecule has 0 aromatic heterocycles. The summed E-state index contributed by atoms with van der Waals surface area (Å²) >= 11 is 0. The molecule has 20 heavy (non-hydrogen) atoms. The van der Waals surface area contributed by atoms with Crippen LogP contribution < -0.4 is 5.32 Å². The van der Waals surface area contributed by atoms with E-state index in [0.29, 0.717) is 6.04 Å². The van der Waals surface area contributed by atoms with Gasteiger partial charge in [0.25, 0.3) is 0 Å². The van der Waals surface area contributed by atoms with Gasteiger partial charge in [-0.3, -0.25) is 0 Å². The van der Waals surface area contributed by atoms with Gasteiger partial charge in [-0.15, -0.1) is 0 Å². The first-order valence-electron chi connectivity index (χ1n) is 7.69. The molecular weight excluding hydrogens is 248 g/mol. The number of hydrogen-bond acceptors (Lipinski definition) is 3. The zero-order chi connectivity index (χ0) is 14.6. The minimum atomic E-state index is -0.449. The minimum absolute atomic E-state index is 0.415. The Morgan fingerprint density at radius 1 is 1.25 bits per heavy atom. The average molecular weight is 276 g/mol. The standard InChI is InChI=1S/C17H28N2O/c1-14-4-6-15(7-5-14)16(18-3)8-11-19-12-9-17(2,20)10-13-19/h4-7,16,18,20H,8-13H2,1-3H3. The number of hydrogen-bond donors (Lipinski definition) is 2. The second-order valence-electron chi connectivity index (χ2n) is 6.38. The Morgan fingerprint density at radius 3 is 2.40 bits per heavy atom. The van der Waals surface area contributed by atoms with Gasteiger partial charge in [0, 0.05) is 19.1 Å². The van der Waals surface area contributed by atoms with Crippen LogP contribution in [0.2, 0.25) is 0 Å². The van der Waals surface area contributed by atoms with Crippen molar-refractivity contribution in [1.29, 1.82) is 0 Å². The molecule has 0 radical (unpaired) electrons. The SMILES string of the molecule is CNC(CCN1CCC(C)(O)CC1)c1ccc(C)cc1. The van der Waals surface area contributed by atoms with Crippen molar-refractivity contribution in [2.24, 2.45) is 0 Å². The van der Waals surface area contributed by atoms with Crippen LogP contribution in [0, 0.1) is 6.92 Å². The van der Waals surface area contributed by atoms with Gasteiger partial charge < -0.3 is 15.3 Å². The van der Waals surface area contributed by atoms with E-state index in [1.165, 1.54) is 11.1 Å². The summed E-state index contributed by atoms with van der Waals surface area (Å²) in [4.78, 5) is 2.47. The maximum absolute atomic E-state index is 9.98. The number of rotatable bonds is 5. The first kappa shape index (κ1) is 15.5. The van der Waals surface area contributed by atoms with Crippen molar-refractivity contribution in [2.75, 3.05) is 26.7 Å². The zero-order valence-corrected chi connectivity index (χ0v) is 13.0. The molecule has 112 valence electrons. The third-order valence-electron chi connectivity index (χ3n) is 4.50. The van der Waals surface area contributed by atoms with Crippen LogP contribution in [0.1, 0.15) is 43.4 Å².